The molecule has 0 aliphatic carbocycles. The van der Waals surface area contributed by atoms with Gasteiger partial charge in [-0.3, -0.25) is 0 Å². The van der Waals surface area contributed by atoms with E-state index in [1.54, 1.807) is 0 Å². The van der Waals surface area contributed by atoms with Gasteiger partial charge in [0, 0.05) is 25.5 Å². The minimum absolute atomic E-state index is 0.951. The second kappa shape index (κ2) is 6.37. The topological polar surface area (TPSA) is 6.48 Å². The van der Waals surface area contributed by atoms with Crippen molar-refractivity contribution in [3.05, 3.63) is 25.1 Å². The molecule has 0 unspecified atom stereocenters. The zero-order chi connectivity index (χ0) is 11.9. The molecule has 0 N–H and O–H groups in total. The highest BCUT2D eigenvalue weighted by Gasteiger charge is 2.20. The summed E-state index contributed by atoms with van der Waals surface area (Å²) in [5.74, 6) is 0. The highest BCUT2D eigenvalue weighted by atomic mass is 19.5. The average molecular weight is 225 g/mol. The lowest BCUT2D eigenvalue weighted by Crippen LogP contribution is -2.24. The van der Waals surface area contributed by atoms with Crippen LogP contribution in [-0.2, 0) is 0 Å². The molecule has 1 aliphatic heterocycles. The Hall–Kier alpha value is -1.14. The average Bonchev–Trinajstić information content (AvgIpc) is 2.50. The summed E-state index contributed by atoms with van der Waals surface area (Å²) >= 11 is 0. The third-order valence-corrected chi connectivity index (χ3v) is 1.62. The third kappa shape index (κ3) is 9.18. The van der Waals surface area contributed by atoms with Gasteiger partial charge in [-0.15, -0.1) is 6.58 Å². The predicted octanol–water partition coefficient (Wildman–Crippen LogP) is 2.54. The van der Waals surface area contributed by atoms with E-state index in [1.165, 1.54) is 0 Å². The van der Waals surface area contributed by atoms with Crippen molar-refractivity contribution in [2.24, 2.45) is 0 Å². The molecule has 2 nitrogen and oxygen atoms in total. The number of rotatable bonds is 3. The lowest BCUT2D eigenvalue weighted by molar-refractivity contribution is 0.291. The van der Waals surface area contributed by atoms with E-state index in [9.17, 15) is 17.3 Å². The second-order valence-corrected chi connectivity index (χ2v) is 2.90. The second-order valence-electron chi connectivity index (χ2n) is 2.90. The Balaban J connectivity index is 0.000000336. The van der Waals surface area contributed by atoms with Crippen LogP contribution in [0.2, 0.25) is 0 Å². The molecule has 0 saturated heterocycles. The van der Waals surface area contributed by atoms with E-state index < -0.39 is 7.25 Å². The van der Waals surface area contributed by atoms with Crippen molar-refractivity contribution in [1.29, 1.82) is 0 Å². The smallest absolute Gasteiger partial charge is 0.418 e. The normalized spacial score (nSPS) is 15.0. The van der Waals surface area contributed by atoms with Crippen LogP contribution in [0.15, 0.2) is 25.1 Å². The molecule has 88 valence electrons. The zero-order valence-electron chi connectivity index (χ0n) is 8.54. The Morgan fingerprint density at radius 2 is 1.73 bits per heavy atom. The van der Waals surface area contributed by atoms with Crippen molar-refractivity contribution in [1.82, 2.24) is 9.80 Å². The maximum Gasteiger partial charge on any atom is 0.673 e. The van der Waals surface area contributed by atoms with E-state index >= 15 is 0 Å². The Morgan fingerprint density at radius 3 is 2.07 bits per heavy atom. The molecule has 0 aromatic heterocycles. The molecule has 0 bridgehead atoms. The van der Waals surface area contributed by atoms with Gasteiger partial charge in [0.15, 0.2) is 0 Å². The fourth-order valence-electron chi connectivity index (χ4n) is 1.01. The number of nitrogens with zero attached hydrogens (tertiary/aromatic N) is 2. The van der Waals surface area contributed by atoms with Gasteiger partial charge in [0.25, 0.3) is 0 Å². The maximum absolute atomic E-state index is 9.75. The Kier molecular flexibility index (Phi) is 5.89. The zero-order valence-corrected chi connectivity index (χ0v) is 8.54. The van der Waals surface area contributed by atoms with Crippen LogP contribution in [0.3, 0.4) is 0 Å². The molecular weight excluding hydrogens is 211 g/mol. The standard InChI is InChI=1S/C8H14N2.BF4/c1-3-5-10-7-6-9(4-2)8-10;2-1(3,4)5/h3,6-7H,1,4-5,8H2,2H3;/q;-1. The van der Waals surface area contributed by atoms with E-state index in [1.807, 2.05) is 6.08 Å². The number of halogens is 4. The molecule has 15 heavy (non-hydrogen) atoms. The molecule has 0 radical (unpaired) electrons. The van der Waals surface area contributed by atoms with E-state index in [-0.39, 0.29) is 0 Å². The van der Waals surface area contributed by atoms with Gasteiger partial charge in [0.05, 0.1) is 6.67 Å². The van der Waals surface area contributed by atoms with E-state index in [0.717, 1.165) is 19.8 Å². The van der Waals surface area contributed by atoms with Gasteiger partial charge in [0.1, 0.15) is 0 Å². The van der Waals surface area contributed by atoms with Crippen molar-refractivity contribution in [2.75, 3.05) is 19.8 Å². The molecule has 0 saturated carbocycles. The lowest BCUT2D eigenvalue weighted by atomic mass is 10.3. The molecule has 0 amide bonds. The molecule has 0 spiro atoms. The van der Waals surface area contributed by atoms with Crippen LogP contribution in [0.5, 0.6) is 0 Å². The van der Waals surface area contributed by atoms with Crippen molar-refractivity contribution >= 4 is 7.25 Å². The van der Waals surface area contributed by atoms with Gasteiger partial charge < -0.3 is 27.1 Å². The fourth-order valence-corrected chi connectivity index (χ4v) is 1.01. The summed E-state index contributed by atoms with van der Waals surface area (Å²) in [5.41, 5.74) is 0. The molecule has 1 aliphatic rings. The van der Waals surface area contributed by atoms with Crippen molar-refractivity contribution in [3.8, 4) is 0 Å². The minimum atomic E-state index is -6.00. The van der Waals surface area contributed by atoms with Gasteiger partial charge in [0.2, 0.25) is 0 Å². The fraction of sp³-hybridized carbons (Fsp3) is 0.500. The van der Waals surface area contributed by atoms with Gasteiger partial charge >= 0.3 is 7.25 Å². The highest BCUT2D eigenvalue weighted by Crippen LogP contribution is 2.06. The SMILES string of the molecule is C=CCN1C=CN(CC)C1.F[B-](F)(F)F. The first-order valence-electron chi connectivity index (χ1n) is 4.51. The molecular formula is C8H14BF4N2-. The molecule has 0 atom stereocenters. The summed E-state index contributed by atoms with van der Waals surface area (Å²) in [4.78, 5) is 4.47. The predicted molar refractivity (Wildman–Crippen MR) is 53.5 cm³/mol. The minimum Gasteiger partial charge on any atom is -0.418 e. The van der Waals surface area contributed by atoms with Crippen LogP contribution in [0, 0.1) is 0 Å². The molecule has 0 aromatic rings. The Bertz CT molecular complexity index is 211. The van der Waals surface area contributed by atoms with Gasteiger partial charge in [-0.1, -0.05) is 6.08 Å². The number of hydrogen-bond acceptors (Lipinski definition) is 2. The van der Waals surface area contributed by atoms with E-state index in [2.05, 4.69) is 35.7 Å². The van der Waals surface area contributed by atoms with Gasteiger partial charge in [-0.05, 0) is 6.92 Å². The van der Waals surface area contributed by atoms with Crippen LogP contribution >= 0.6 is 0 Å². The lowest BCUT2D eigenvalue weighted by Gasteiger charge is -2.17. The van der Waals surface area contributed by atoms with Crippen LogP contribution in [0.1, 0.15) is 6.92 Å². The molecule has 1 heterocycles. The first-order valence-corrected chi connectivity index (χ1v) is 4.51. The van der Waals surface area contributed by atoms with Crippen LogP contribution in [0.4, 0.5) is 17.3 Å². The van der Waals surface area contributed by atoms with Crippen molar-refractivity contribution in [3.63, 3.8) is 0 Å². The summed E-state index contributed by atoms with van der Waals surface area (Å²) in [7, 11) is -6.00. The van der Waals surface area contributed by atoms with Crippen molar-refractivity contribution in [2.45, 2.75) is 6.92 Å². The Morgan fingerprint density at radius 1 is 1.27 bits per heavy atom. The first kappa shape index (κ1) is 13.9. The molecule has 7 heteroatoms. The monoisotopic (exact) mass is 225 g/mol. The first-order chi connectivity index (χ1) is 6.86. The quantitative estimate of drug-likeness (QED) is 0.413. The third-order valence-electron chi connectivity index (χ3n) is 1.62. The highest BCUT2D eigenvalue weighted by molar-refractivity contribution is 6.50. The summed E-state index contributed by atoms with van der Waals surface area (Å²) < 4.78 is 39.0. The van der Waals surface area contributed by atoms with Crippen LogP contribution in [0.25, 0.3) is 0 Å². The van der Waals surface area contributed by atoms with Gasteiger partial charge in [-0.25, -0.2) is 0 Å². The van der Waals surface area contributed by atoms with Gasteiger partial charge in [-0.2, -0.15) is 0 Å². The van der Waals surface area contributed by atoms with Crippen LogP contribution in [-0.4, -0.2) is 36.8 Å². The largest absolute Gasteiger partial charge is 0.673 e. The van der Waals surface area contributed by atoms with Crippen LogP contribution < -0.4 is 0 Å². The Labute approximate surface area is 87.0 Å². The summed E-state index contributed by atoms with van der Waals surface area (Å²) in [6.07, 6.45) is 6.14. The molecule has 1 rings (SSSR count). The summed E-state index contributed by atoms with van der Waals surface area (Å²) in [6, 6.07) is 0. The van der Waals surface area contributed by atoms with E-state index in [4.69, 9.17) is 0 Å². The maximum atomic E-state index is 9.75. The van der Waals surface area contributed by atoms with Crippen molar-refractivity contribution < 1.29 is 17.3 Å². The number of hydrogen-bond donors (Lipinski definition) is 0. The summed E-state index contributed by atoms with van der Waals surface area (Å²) in [6.45, 7) is 8.89. The molecule has 0 aromatic carbocycles. The summed E-state index contributed by atoms with van der Waals surface area (Å²) in [5, 5.41) is 0. The van der Waals surface area contributed by atoms with E-state index in [0.29, 0.717) is 0 Å². The molecule has 0 fully saturated rings.